The van der Waals surface area contributed by atoms with Crippen molar-refractivity contribution in [2.75, 3.05) is 0 Å². The second-order valence-electron chi connectivity index (χ2n) is 7.15. The average molecular weight is 496 g/mol. The second-order valence-corrected chi connectivity index (χ2v) is 7.15. The number of aliphatic hydroxyl groups excluding tert-OH is 1. The van der Waals surface area contributed by atoms with E-state index in [0.29, 0.717) is 0 Å². The molecule has 0 saturated heterocycles. The van der Waals surface area contributed by atoms with E-state index in [0.717, 1.165) is 36.4 Å². The maximum Gasteiger partial charge on any atom is 0.414 e. The molecular weight excluding hydrogens is 488 g/mol. The summed E-state index contributed by atoms with van der Waals surface area (Å²) in [7, 11) is 0. The summed E-state index contributed by atoms with van der Waals surface area (Å²) in [6.07, 6.45) is -8.23. The van der Waals surface area contributed by atoms with Gasteiger partial charge in [-0.25, -0.2) is 4.39 Å². The number of allylic oxidation sites excluding steroid dienone is 1. The molecule has 0 amide bonds. The molecule has 1 N–H and O–H groups in total. The Labute approximate surface area is 175 Å². The molecule has 0 aliphatic heterocycles. The van der Waals surface area contributed by atoms with Crippen LogP contribution < -0.4 is 0 Å². The molecule has 3 rings (SSSR count). The van der Waals surface area contributed by atoms with Gasteiger partial charge < -0.3 is 5.11 Å². The van der Waals surface area contributed by atoms with Crippen LogP contribution in [0.4, 0.5) is 52.7 Å². The molecule has 14 heteroatoms. The fourth-order valence-corrected chi connectivity index (χ4v) is 3.56. The highest BCUT2D eigenvalue weighted by Crippen LogP contribution is 2.75. The first-order valence-electron chi connectivity index (χ1n) is 8.50. The van der Waals surface area contributed by atoms with E-state index in [2.05, 4.69) is 0 Å². The molecule has 1 aliphatic rings. The van der Waals surface area contributed by atoms with Crippen molar-refractivity contribution in [3.05, 3.63) is 53.9 Å². The molecule has 0 aromatic heterocycles. The maximum absolute atomic E-state index is 14.1. The van der Waals surface area contributed by atoms with Crippen LogP contribution in [0, 0.1) is 11.2 Å². The van der Waals surface area contributed by atoms with Crippen molar-refractivity contribution in [1.82, 2.24) is 0 Å². The number of carbonyl (C=O) groups is 1. The van der Waals surface area contributed by atoms with Crippen molar-refractivity contribution in [3.63, 3.8) is 0 Å². The summed E-state index contributed by atoms with van der Waals surface area (Å²) in [4.78, 5) is 12.1. The lowest BCUT2D eigenvalue weighted by Crippen LogP contribution is -2.64. The summed E-state index contributed by atoms with van der Waals surface area (Å²) in [6.45, 7) is 0. The Morgan fingerprint density at radius 3 is 1.70 bits per heavy atom. The topological polar surface area (TPSA) is 37.3 Å². The summed E-state index contributed by atoms with van der Waals surface area (Å²) in [5.41, 5.74) is -7.59. The third-order valence-corrected chi connectivity index (χ3v) is 5.29. The molecule has 0 heterocycles. The number of aliphatic hydroxyl groups is 1. The zero-order valence-electron chi connectivity index (χ0n) is 15.4. The van der Waals surface area contributed by atoms with Crippen LogP contribution in [0.25, 0.3) is 16.5 Å². The van der Waals surface area contributed by atoms with Crippen LogP contribution in [0.2, 0.25) is 0 Å². The zero-order valence-corrected chi connectivity index (χ0v) is 15.4. The molecular formula is C19H8F12O2. The van der Waals surface area contributed by atoms with Crippen molar-refractivity contribution in [2.24, 2.45) is 5.41 Å². The predicted molar refractivity (Wildman–Crippen MR) is 87.8 cm³/mol. The number of hydrogen-bond acceptors (Lipinski definition) is 2. The van der Waals surface area contributed by atoms with Crippen LogP contribution in [0.3, 0.4) is 0 Å². The molecule has 33 heavy (non-hydrogen) atoms. The molecule has 0 bridgehead atoms. The number of halogens is 12. The first kappa shape index (κ1) is 24.7. The van der Waals surface area contributed by atoms with Crippen LogP contribution in [-0.4, -0.2) is 40.8 Å². The van der Waals surface area contributed by atoms with Crippen molar-refractivity contribution in [1.29, 1.82) is 0 Å². The van der Waals surface area contributed by atoms with Crippen LogP contribution >= 0.6 is 0 Å². The Morgan fingerprint density at radius 1 is 0.758 bits per heavy atom. The van der Waals surface area contributed by atoms with Gasteiger partial charge in [0, 0.05) is 11.6 Å². The molecule has 2 aromatic carbocycles. The Kier molecular flexibility index (Phi) is 5.09. The monoisotopic (exact) mass is 496 g/mol. The van der Waals surface area contributed by atoms with Gasteiger partial charge in [0.25, 0.3) is 5.41 Å². The Hall–Kier alpha value is -2.93. The van der Waals surface area contributed by atoms with Gasteiger partial charge in [0.15, 0.2) is 5.78 Å². The number of rotatable bonds is 3. The highest BCUT2D eigenvalue weighted by Gasteiger charge is 3.06. The Balaban J connectivity index is 2.24. The van der Waals surface area contributed by atoms with Gasteiger partial charge in [-0.15, -0.1) is 0 Å². The molecule has 1 saturated carbocycles. The minimum absolute atomic E-state index is 0.0569. The van der Waals surface area contributed by atoms with E-state index in [1.807, 2.05) is 0 Å². The highest BCUT2D eigenvalue weighted by molar-refractivity contribution is 6.03. The van der Waals surface area contributed by atoms with Gasteiger partial charge >= 0.3 is 29.9 Å². The smallest absolute Gasteiger partial charge is 0.414 e. The Bertz CT molecular complexity index is 1140. The maximum atomic E-state index is 14.1. The number of hydrogen-bond donors (Lipinski definition) is 1. The van der Waals surface area contributed by atoms with Crippen LogP contribution in [-0.2, 0) is 4.79 Å². The molecule has 2 nitrogen and oxygen atoms in total. The van der Waals surface area contributed by atoms with Crippen molar-refractivity contribution in [3.8, 4) is 0 Å². The summed E-state index contributed by atoms with van der Waals surface area (Å²) in [5.74, 6) is -35.3. The molecule has 1 fully saturated rings. The summed E-state index contributed by atoms with van der Waals surface area (Å²) in [5, 5.41) is 10.1. The predicted octanol–water partition coefficient (Wildman–Crippen LogP) is 6.55. The molecule has 2 aromatic rings. The third-order valence-electron chi connectivity index (χ3n) is 5.29. The lowest BCUT2D eigenvalue weighted by Gasteiger charge is -2.37. The highest BCUT2D eigenvalue weighted by atomic mass is 19.4. The van der Waals surface area contributed by atoms with E-state index in [1.165, 1.54) is 0 Å². The molecule has 180 valence electrons. The van der Waals surface area contributed by atoms with Gasteiger partial charge in [0.1, 0.15) is 11.6 Å². The van der Waals surface area contributed by atoms with E-state index in [-0.39, 0.29) is 10.8 Å². The van der Waals surface area contributed by atoms with Crippen molar-refractivity contribution < 1.29 is 62.6 Å². The minimum atomic E-state index is -7.32. The van der Waals surface area contributed by atoms with Gasteiger partial charge in [0.05, 0.1) is 0 Å². The normalized spacial score (nSPS) is 23.0. The zero-order chi connectivity index (χ0) is 25.4. The average Bonchev–Trinajstić information content (AvgIpc) is 2.71. The second kappa shape index (κ2) is 6.79. The van der Waals surface area contributed by atoms with Crippen molar-refractivity contribution in [2.45, 2.75) is 29.9 Å². The van der Waals surface area contributed by atoms with Crippen LogP contribution in [0.1, 0.15) is 5.56 Å². The summed E-state index contributed by atoms with van der Waals surface area (Å²) >= 11 is 0. The van der Waals surface area contributed by atoms with E-state index >= 15 is 0 Å². The molecule has 0 atom stereocenters. The Morgan fingerprint density at radius 2 is 1.21 bits per heavy atom. The molecule has 0 radical (unpaired) electrons. The standard InChI is InChI=1S/C19H8F12O2/c20-11-4-3-8-5-10(2-1-9(8)6-11)12(32)7-13(33)14(19(29,30)31)15(21,22)17(25,26)18(27,28)16(14,23)24/h1-7,32H/b12-7-. The molecule has 0 spiro atoms. The van der Waals surface area contributed by atoms with Gasteiger partial charge in [-0.1, -0.05) is 18.2 Å². The van der Waals surface area contributed by atoms with E-state index in [9.17, 15) is 62.6 Å². The van der Waals surface area contributed by atoms with Crippen LogP contribution in [0.15, 0.2) is 42.5 Å². The third kappa shape index (κ3) is 2.81. The first-order chi connectivity index (χ1) is 14.8. The lowest BCUT2D eigenvalue weighted by molar-refractivity contribution is -0.341. The quantitative estimate of drug-likeness (QED) is 0.297. The number of alkyl halides is 11. The molecule has 1 aliphatic carbocycles. The van der Waals surface area contributed by atoms with Gasteiger partial charge in [-0.05, 0) is 29.0 Å². The fourth-order valence-electron chi connectivity index (χ4n) is 3.56. The lowest BCUT2D eigenvalue weighted by atomic mass is 9.74. The van der Waals surface area contributed by atoms with Gasteiger partial charge in [-0.2, -0.15) is 48.3 Å². The minimum Gasteiger partial charge on any atom is -0.507 e. The van der Waals surface area contributed by atoms with Gasteiger partial charge in [0.2, 0.25) is 0 Å². The SMILES string of the molecule is O=C(/C=C(\O)c1ccc2cc(F)ccc2c1)C1(C(F)(F)F)C(F)(F)C(F)(F)C(F)(F)C1(F)F. The van der Waals surface area contributed by atoms with E-state index in [4.69, 9.17) is 0 Å². The number of benzene rings is 2. The van der Waals surface area contributed by atoms with Crippen molar-refractivity contribution >= 4 is 22.3 Å². The van der Waals surface area contributed by atoms with Crippen LogP contribution in [0.5, 0.6) is 0 Å². The van der Waals surface area contributed by atoms with Gasteiger partial charge in [-0.3, -0.25) is 4.79 Å². The first-order valence-corrected chi connectivity index (χ1v) is 8.50. The summed E-state index contributed by atoms with van der Waals surface area (Å²) in [6, 6.07) is 5.56. The molecule has 0 unspecified atom stereocenters. The largest absolute Gasteiger partial charge is 0.507 e. The number of fused-ring (bicyclic) bond motifs is 1. The van der Waals surface area contributed by atoms with E-state index in [1.54, 1.807) is 0 Å². The summed E-state index contributed by atoms with van der Waals surface area (Å²) < 4.78 is 164. The fraction of sp³-hybridized carbons (Fsp3) is 0.316. The number of carbonyl (C=O) groups excluding carboxylic acids is 1. The number of ketones is 1. The van der Waals surface area contributed by atoms with E-state index < -0.39 is 64.3 Å².